The van der Waals surface area contributed by atoms with Crippen LogP contribution in [0, 0.1) is 0 Å². The average molecular weight is 444 g/mol. The Kier molecular flexibility index (Phi) is 8.20. The lowest BCUT2D eigenvalue weighted by Crippen LogP contribution is -2.37. The maximum atomic E-state index is 12.1. The number of aliphatic hydroxyl groups is 1. The molecule has 9 heteroatoms. The Hall–Kier alpha value is -3.59. The fourth-order valence-electron chi connectivity index (χ4n) is 2.89. The smallest absolute Gasteiger partial charge is 0.407 e. The second-order valence-electron chi connectivity index (χ2n) is 8.13. The van der Waals surface area contributed by atoms with Gasteiger partial charge in [-0.05, 0) is 44.9 Å². The summed E-state index contributed by atoms with van der Waals surface area (Å²) in [5.41, 5.74) is -2.21. The minimum atomic E-state index is -2.26. The van der Waals surface area contributed by atoms with Crippen LogP contribution in [0.25, 0.3) is 0 Å². The molecule has 0 aliphatic rings. The average Bonchev–Trinajstić information content (AvgIpc) is 2.72. The molecule has 9 nitrogen and oxygen atoms in total. The lowest BCUT2D eigenvalue weighted by atomic mass is 9.86. The maximum Gasteiger partial charge on any atom is 0.407 e. The summed E-state index contributed by atoms with van der Waals surface area (Å²) in [6, 6.07) is 13.5. The van der Waals surface area contributed by atoms with E-state index < -0.39 is 29.3 Å². The summed E-state index contributed by atoms with van der Waals surface area (Å²) in [5, 5.41) is 28.5. The summed E-state index contributed by atoms with van der Waals surface area (Å²) >= 11 is 0. The Morgan fingerprint density at radius 1 is 0.906 bits per heavy atom. The van der Waals surface area contributed by atoms with Crippen molar-refractivity contribution < 1.29 is 29.3 Å². The van der Waals surface area contributed by atoms with Crippen molar-refractivity contribution in [3.63, 3.8) is 0 Å². The number of carbonyl (C=O) groups is 3. The lowest BCUT2D eigenvalue weighted by molar-refractivity contribution is -0.155. The van der Waals surface area contributed by atoms with Crippen molar-refractivity contribution in [3.8, 4) is 0 Å². The first-order chi connectivity index (χ1) is 15.0. The number of carboxylic acid groups (broad SMARTS) is 1. The molecule has 5 N–H and O–H groups in total. The molecule has 0 bridgehead atoms. The van der Waals surface area contributed by atoms with Crippen molar-refractivity contribution in [3.05, 3.63) is 65.7 Å². The maximum absolute atomic E-state index is 12.1. The standard InChI is InChI=1S/C23H29N3O6/c1-22(2,3)32-21(30)25-14-8-13-24-20(29)26-18-12-7-11-17(15-18)23(31,19(27)28)16-9-5-4-6-10-16/h4-7,9-12,15,31H,8,13-14H2,1-3H3,(H,25,30)(H,27,28)(H2,24,26,29). The number of amides is 3. The highest BCUT2D eigenvalue weighted by Crippen LogP contribution is 2.31. The highest BCUT2D eigenvalue weighted by atomic mass is 16.6. The lowest BCUT2D eigenvalue weighted by Gasteiger charge is -2.25. The first kappa shape index (κ1) is 24.7. The van der Waals surface area contributed by atoms with E-state index in [9.17, 15) is 24.6 Å². The van der Waals surface area contributed by atoms with Crippen LogP contribution in [0.2, 0.25) is 0 Å². The molecule has 0 aliphatic heterocycles. The zero-order chi connectivity index (χ0) is 23.8. The van der Waals surface area contributed by atoms with Gasteiger partial charge in [0.15, 0.2) is 0 Å². The molecule has 0 aliphatic carbocycles. The van der Waals surface area contributed by atoms with Crippen LogP contribution in [0.4, 0.5) is 15.3 Å². The second kappa shape index (κ2) is 10.6. The van der Waals surface area contributed by atoms with Gasteiger partial charge in [-0.2, -0.15) is 0 Å². The highest BCUT2D eigenvalue weighted by molar-refractivity contribution is 5.90. The van der Waals surface area contributed by atoms with Gasteiger partial charge in [0, 0.05) is 24.3 Å². The van der Waals surface area contributed by atoms with Crippen LogP contribution in [0.15, 0.2) is 54.6 Å². The molecule has 172 valence electrons. The van der Waals surface area contributed by atoms with Gasteiger partial charge in [-0.15, -0.1) is 0 Å². The molecule has 0 aromatic heterocycles. The molecule has 0 saturated heterocycles. The Morgan fingerprint density at radius 3 is 2.16 bits per heavy atom. The number of carboxylic acids is 1. The number of carbonyl (C=O) groups excluding carboxylic acids is 2. The molecule has 0 radical (unpaired) electrons. The summed E-state index contributed by atoms with van der Waals surface area (Å²) < 4.78 is 5.12. The summed E-state index contributed by atoms with van der Waals surface area (Å²) in [6.07, 6.45) is -0.0393. The summed E-state index contributed by atoms with van der Waals surface area (Å²) in [7, 11) is 0. The number of rotatable bonds is 8. The SMILES string of the molecule is CC(C)(C)OC(=O)NCCCNC(=O)Nc1cccc(C(O)(C(=O)O)c2ccccc2)c1. The van der Waals surface area contributed by atoms with E-state index in [4.69, 9.17) is 4.74 Å². The van der Waals surface area contributed by atoms with E-state index in [2.05, 4.69) is 16.0 Å². The fourth-order valence-corrected chi connectivity index (χ4v) is 2.89. The Labute approximate surface area is 186 Å². The number of benzene rings is 2. The first-order valence-electron chi connectivity index (χ1n) is 10.2. The number of hydrogen-bond acceptors (Lipinski definition) is 5. The fraction of sp³-hybridized carbons (Fsp3) is 0.348. The van der Waals surface area contributed by atoms with Crippen molar-refractivity contribution in [1.29, 1.82) is 0 Å². The molecule has 3 amide bonds. The van der Waals surface area contributed by atoms with Crippen molar-refractivity contribution >= 4 is 23.8 Å². The van der Waals surface area contributed by atoms with Crippen molar-refractivity contribution in [2.24, 2.45) is 0 Å². The zero-order valence-corrected chi connectivity index (χ0v) is 18.3. The van der Waals surface area contributed by atoms with Gasteiger partial charge >= 0.3 is 18.1 Å². The third-order valence-electron chi connectivity index (χ3n) is 4.35. The van der Waals surface area contributed by atoms with Crippen molar-refractivity contribution in [2.75, 3.05) is 18.4 Å². The number of hydrogen-bond donors (Lipinski definition) is 5. The van der Waals surface area contributed by atoms with Gasteiger partial charge in [0.2, 0.25) is 5.60 Å². The molecule has 32 heavy (non-hydrogen) atoms. The summed E-state index contributed by atoms with van der Waals surface area (Å²) in [6.45, 7) is 5.93. The Morgan fingerprint density at radius 2 is 1.53 bits per heavy atom. The van der Waals surface area contributed by atoms with Crippen LogP contribution in [0.1, 0.15) is 38.3 Å². The molecule has 2 aromatic rings. The molecular formula is C23H29N3O6. The van der Waals surface area contributed by atoms with Crippen molar-refractivity contribution in [2.45, 2.75) is 38.4 Å². The minimum Gasteiger partial charge on any atom is -0.479 e. The number of ether oxygens (including phenoxy) is 1. The summed E-state index contributed by atoms with van der Waals surface area (Å²) in [4.78, 5) is 35.6. The molecule has 2 aromatic carbocycles. The zero-order valence-electron chi connectivity index (χ0n) is 18.3. The number of nitrogens with one attached hydrogen (secondary N) is 3. The second-order valence-corrected chi connectivity index (χ2v) is 8.13. The third-order valence-corrected chi connectivity index (χ3v) is 4.35. The highest BCUT2D eigenvalue weighted by Gasteiger charge is 2.40. The molecule has 0 saturated carbocycles. The van der Waals surface area contributed by atoms with E-state index in [0.29, 0.717) is 25.2 Å². The first-order valence-corrected chi connectivity index (χ1v) is 10.2. The van der Waals surface area contributed by atoms with E-state index in [0.717, 1.165) is 0 Å². The topological polar surface area (TPSA) is 137 Å². The molecular weight excluding hydrogens is 414 g/mol. The molecule has 0 heterocycles. The van der Waals surface area contributed by atoms with E-state index in [1.807, 2.05) is 0 Å². The van der Waals surface area contributed by atoms with Gasteiger partial charge in [-0.25, -0.2) is 14.4 Å². The third kappa shape index (κ3) is 6.98. The molecule has 0 spiro atoms. The van der Waals surface area contributed by atoms with Crippen LogP contribution in [-0.2, 0) is 15.1 Å². The minimum absolute atomic E-state index is 0.107. The normalized spacial score (nSPS) is 12.9. The number of aliphatic carboxylic acids is 1. The predicted octanol–water partition coefficient (Wildman–Crippen LogP) is 3.04. The van der Waals surface area contributed by atoms with E-state index in [1.54, 1.807) is 51.1 Å². The Balaban J connectivity index is 1.92. The number of alkyl carbamates (subject to hydrolysis) is 1. The van der Waals surface area contributed by atoms with Gasteiger partial charge < -0.3 is 30.9 Å². The molecule has 1 atom stereocenters. The molecule has 0 fully saturated rings. The quantitative estimate of drug-likeness (QED) is 0.398. The molecule has 2 rings (SSSR count). The van der Waals surface area contributed by atoms with Gasteiger partial charge in [0.25, 0.3) is 0 Å². The number of anilines is 1. The summed E-state index contributed by atoms with van der Waals surface area (Å²) in [5.74, 6) is -1.43. The largest absolute Gasteiger partial charge is 0.479 e. The van der Waals surface area contributed by atoms with Crippen LogP contribution < -0.4 is 16.0 Å². The van der Waals surface area contributed by atoms with Gasteiger partial charge in [0.05, 0.1) is 0 Å². The van der Waals surface area contributed by atoms with E-state index in [1.165, 1.54) is 24.3 Å². The predicted molar refractivity (Wildman–Crippen MR) is 119 cm³/mol. The van der Waals surface area contributed by atoms with E-state index in [-0.39, 0.29) is 11.1 Å². The number of urea groups is 1. The molecule has 1 unspecified atom stereocenters. The van der Waals surface area contributed by atoms with E-state index >= 15 is 0 Å². The monoisotopic (exact) mass is 443 g/mol. The van der Waals surface area contributed by atoms with Gasteiger partial charge in [0.1, 0.15) is 5.60 Å². The van der Waals surface area contributed by atoms with Crippen LogP contribution >= 0.6 is 0 Å². The van der Waals surface area contributed by atoms with Crippen LogP contribution in [0.5, 0.6) is 0 Å². The van der Waals surface area contributed by atoms with Crippen LogP contribution in [-0.4, -0.2) is 47.0 Å². The Bertz CT molecular complexity index is 942. The van der Waals surface area contributed by atoms with Gasteiger partial charge in [-0.3, -0.25) is 0 Å². The van der Waals surface area contributed by atoms with Crippen molar-refractivity contribution in [1.82, 2.24) is 10.6 Å². The van der Waals surface area contributed by atoms with Gasteiger partial charge in [-0.1, -0.05) is 42.5 Å². The van der Waals surface area contributed by atoms with Crippen LogP contribution in [0.3, 0.4) is 0 Å².